The number of benzene rings is 2. The van der Waals surface area contributed by atoms with Gasteiger partial charge in [-0.05, 0) is 49.2 Å². The summed E-state index contributed by atoms with van der Waals surface area (Å²) in [5.74, 6) is -0.878. The Balaban J connectivity index is 1.66. The summed E-state index contributed by atoms with van der Waals surface area (Å²) in [7, 11) is 0. The number of hydrogen-bond donors (Lipinski definition) is 2. The van der Waals surface area contributed by atoms with Gasteiger partial charge in [-0.25, -0.2) is 0 Å². The van der Waals surface area contributed by atoms with Gasteiger partial charge in [0, 0.05) is 17.2 Å². The largest absolute Gasteiger partial charge is 0.418 e. The van der Waals surface area contributed by atoms with E-state index >= 15 is 0 Å². The average Bonchev–Trinajstić information content (AvgIpc) is 2.68. The highest BCUT2D eigenvalue weighted by atomic mass is 19.4. The predicted molar refractivity (Wildman–Crippen MR) is 100 cm³/mol. The molecule has 1 saturated carbocycles. The molecule has 0 aromatic heterocycles. The molecule has 28 heavy (non-hydrogen) atoms. The Morgan fingerprint density at radius 2 is 1.39 bits per heavy atom. The van der Waals surface area contributed by atoms with Crippen LogP contribution in [0.4, 0.5) is 18.9 Å². The van der Waals surface area contributed by atoms with Gasteiger partial charge in [-0.3, -0.25) is 9.59 Å². The second-order valence-electron chi connectivity index (χ2n) is 6.88. The maximum absolute atomic E-state index is 13.0. The van der Waals surface area contributed by atoms with Crippen LogP contribution in [0.3, 0.4) is 0 Å². The number of alkyl halides is 3. The molecule has 2 amide bonds. The highest BCUT2D eigenvalue weighted by Crippen LogP contribution is 2.34. The number of hydrogen-bond acceptors (Lipinski definition) is 2. The molecule has 0 bridgehead atoms. The number of anilines is 1. The zero-order chi connectivity index (χ0) is 20.1. The van der Waals surface area contributed by atoms with Crippen molar-refractivity contribution in [3.05, 3.63) is 65.2 Å². The smallest absolute Gasteiger partial charge is 0.349 e. The van der Waals surface area contributed by atoms with Gasteiger partial charge in [0.1, 0.15) is 0 Å². The van der Waals surface area contributed by atoms with Gasteiger partial charge in [0.15, 0.2) is 0 Å². The molecule has 0 heterocycles. The number of halogens is 3. The van der Waals surface area contributed by atoms with Crippen molar-refractivity contribution < 1.29 is 22.8 Å². The van der Waals surface area contributed by atoms with E-state index in [0.29, 0.717) is 5.56 Å². The summed E-state index contributed by atoms with van der Waals surface area (Å²) in [4.78, 5) is 24.6. The molecule has 0 radical (unpaired) electrons. The molecule has 0 unspecified atom stereocenters. The monoisotopic (exact) mass is 390 g/mol. The first kappa shape index (κ1) is 19.9. The summed E-state index contributed by atoms with van der Waals surface area (Å²) >= 11 is 0. The van der Waals surface area contributed by atoms with Crippen LogP contribution in [0.1, 0.15) is 58.4 Å². The first-order chi connectivity index (χ1) is 13.3. The molecule has 7 heteroatoms. The van der Waals surface area contributed by atoms with Crippen molar-refractivity contribution in [2.45, 2.75) is 44.3 Å². The third-order valence-corrected chi connectivity index (χ3v) is 4.83. The zero-order valence-corrected chi connectivity index (χ0v) is 15.2. The van der Waals surface area contributed by atoms with E-state index in [0.717, 1.165) is 31.7 Å². The molecule has 3 rings (SSSR count). The van der Waals surface area contributed by atoms with Crippen LogP contribution < -0.4 is 10.6 Å². The molecule has 0 atom stereocenters. The van der Waals surface area contributed by atoms with Gasteiger partial charge in [0.25, 0.3) is 11.8 Å². The van der Waals surface area contributed by atoms with Gasteiger partial charge in [-0.2, -0.15) is 13.2 Å². The molecule has 2 N–H and O–H groups in total. The van der Waals surface area contributed by atoms with Crippen LogP contribution in [0.5, 0.6) is 0 Å². The third-order valence-electron chi connectivity index (χ3n) is 4.83. The summed E-state index contributed by atoms with van der Waals surface area (Å²) in [6.45, 7) is 0. The lowest BCUT2D eigenvalue weighted by Crippen LogP contribution is -2.36. The second-order valence-corrected chi connectivity index (χ2v) is 6.88. The topological polar surface area (TPSA) is 58.2 Å². The van der Waals surface area contributed by atoms with Gasteiger partial charge in [0.05, 0.1) is 11.3 Å². The van der Waals surface area contributed by atoms with Crippen LogP contribution in [0.25, 0.3) is 0 Å². The van der Waals surface area contributed by atoms with Crippen LogP contribution in [-0.2, 0) is 6.18 Å². The average molecular weight is 390 g/mol. The number of carbonyl (C=O) groups excluding carboxylic acids is 2. The molecular weight excluding hydrogens is 369 g/mol. The van der Waals surface area contributed by atoms with E-state index in [9.17, 15) is 22.8 Å². The molecule has 4 nitrogen and oxygen atoms in total. The molecule has 1 aliphatic carbocycles. The van der Waals surface area contributed by atoms with Crippen molar-refractivity contribution >= 4 is 17.5 Å². The van der Waals surface area contributed by atoms with Crippen LogP contribution >= 0.6 is 0 Å². The minimum atomic E-state index is -4.56. The molecule has 148 valence electrons. The number of carbonyl (C=O) groups is 2. The fourth-order valence-electron chi connectivity index (χ4n) is 3.32. The van der Waals surface area contributed by atoms with E-state index in [1.54, 1.807) is 0 Å². The van der Waals surface area contributed by atoms with Gasteiger partial charge < -0.3 is 10.6 Å². The minimum Gasteiger partial charge on any atom is -0.349 e. The molecule has 2 aromatic carbocycles. The highest BCUT2D eigenvalue weighted by Gasteiger charge is 2.33. The summed E-state index contributed by atoms with van der Waals surface area (Å²) in [6.07, 6.45) is 0.751. The van der Waals surface area contributed by atoms with Crippen molar-refractivity contribution in [1.82, 2.24) is 5.32 Å². The first-order valence-corrected chi connectivity index (χ1v) is 9.23. The van der Waals surface area contributed by atoms with Crippen LogP contribution in [0.2, 0.25) is 0 Å². The summed E-state index contributed by atoms with van der Waals surface area (Å²) in [5, 5.41) is 5.27. The fraction of sp³-hybridized carbons (Fsp3) is 0.333. The molecule has 2 aromatic rings. The third kappa shape index (κ3) is 4.91. The van der Waals surface area contributed by atoms with Gasteiger partial charge in [0.2, 0.25) is 0 Å². The zero-order valence-electron chi connectivity index (χ0n) is 15.2. The number of amides is 2. The maximum Gasteiger partial charge on any atom is 0.418 e. The summed E-state index contributed by atoms with van der Waals surface area (Å²) in [6, 6.07) is 10.8. The lowest BCUT2D eigenvalue weighted by Gasteiger charge is -2.22. The SMILES string of the molecule is O=C(Nc1ccccc1C(F)(F)F)c1ccc(C(=O)NC2CCCCC2)cc1. The quantitative estimate of drug-likeness (QED) is 0.770. The van der Waals surface area contributed by atoms with Crippen LogP contribution in [0, 0.1) is 0 Å². The maximum atomic E-state index is 13.0. The van der Waals surface area contributed by atoms with Crippen molar-refractivity contribution in [3.8, 4) is 0 Å². The number of para-hydroxylation sites is 1. The van der Waals surface area contributed by atoms with E-state index in [1.165, 1.54) is 48.9 Å². The van der Waals surface area contributed by atoms with Crippen molar-refractivity contribution in [2.24, 2.45) is 0 Å². The van der Waals surface area contributed by atoms with Crippen molar-refractivity contribution in [3.63, 3.8) is 0 Å². The lowest BCUT2D eigenvalue weighted by molar-refractivity contribution is -0.136. The molecule has 1 aliphatic rings. The first-order valence-electron chi connectivity index (χ1n) is 9.23. The summed E-state index contributed by atoms with van der Waals surface area (Å²) < 4.78 is 39.1. The summed E-state index contributed by atoms with van der Waals surface area (Å²) in [5.41, 5.74) is -0.630. The molecule has 1 fully saturated rings. The number of nitrogens with one attached hydrogen (secondary N) is 2. The van der Waals surface area contributed by atoms with Crippen LogP contribution in [-0.4, -0.2) is 17.9 Å². The molecule has 0 spiro atoms. The second kappa shape index (κ2) is 8.46. The highest BCUT2D eigenvalue weighted by molar-refractivity contribution is 6.05. The Hall–Kier alpha value is -2.83. The van der Waals surface area contributed by atoms with E-state index in [4.69, 9.17) is 0 Å². The fourth-order valence-corrected chi connectivity index (χ4v) is 3.32. The van der Waals surface area contributed by atoms with E-state index in [1.807, 2.05) is 0 Å². The van der Waals surface area contributed by atoms with E-state index < -0.39 is 17.6 Å². The normalized spacial score (nSPS) is 15.1. The van der Waals surface area contributed by atoms with Gasteiger partial charge in [-0.15, -0.1) is 0 Å². The molecule has 0 saturated heterocycles. The minimum absolute atomic E-state index is 0.170. The Bertz CT molecular complexity index is 841. The van der Waals surface area contributed by atoms with Crippen molar-refractivity contribution in [1.29, 1.82) is 0 Å². The Kier molecular flexibility index (Phi) is 6.02. The Morgan fingerprint density at radius 1 is 0.821 bits per heavy atom. The van der Waals surface area contributed by atoms with Crippen molar-refractivity contribution in [2.75, 3.05) is 5.32 Å². The Morgan fingerprint density at radius 3 is 2.00 bits per heavy atom. The standard InChI is InChI=1S/C21H21F3N2O2/c22-21(23,24)17-8-4-5-9-18(17)26-20(28)15-12-10-14(11-13-15)19(27)25-16-6-2-1-3-7-16/h4-5,8-13,16H,1-3,6-7H2,(H,25,27)(H,26,28). The molecule has 0 aliphatic heterocycles. The Labute approximate surface area is 161 Å². The van der Waals surface area contributed by atoms with Gasteiger partial charge >= 0.3 is 6.18 Å². The predicted octanol–water partition coefficient (Wildman–Crippen LogP) is 5.02. The van der Waals surface area contributed by atoms with E-state index in [2.05, 4.69) is 10.6 Å². The van der Waals surface area contributed by atoms with E-state index in [-0.39, 0.29) is 23.2 Å². The van der Waals surface area contributed by atoms with Gasteiger partial charge in [-0.1, -0.05) is 31.4 Å². The molecular formula is C21H21F3N2O2. The van der Waals surface area contributed by atoms with Crippen LogP contribution in [0.15, 0.2) is 48.5 Å². The number of rotatable bonds is 4. The lowest BCUT2D eigenvalue weighted by atomic mass is 9.95.